The number of hydrogen-bond donors (Lipinski definition) is 2. The van der Waals surface area contributed by atoms with E-state index in [0.717, 1.165) is 26.2 Å². The molecular weight excluding hydrogens is 174 g/mol. The third-order valence-corrected chi connectivity index (χ3v) is 2.71. The van der Waals surface area contributed by atoms with E-state index in [1.807, 2.05) is 0 Å². The highest BCUT2D eigenvalue weighted by molar-refractivity contribution is 4.66. The minimum Gasteiger partial charge on any atom is -0.315 e. The average Bonchev–Trinajstić information content (AvgIpc) is 2.69. The standard InChI is InChI=1S/C11H25N3/c1-2-5-12-6-7-13-8-11-14-9-3-4-10-14/h12-13H,2-11H2,1H3. The van der Waals surface area contributed by atoms with E-state index in [1.165, 1.54) is 38.9 Å². The summed E-state index contributed by atoms with van der Waals surface area (Å²) in [6.07, 6.45) is 4.03. The minimum atomic E-state index is 1.10. The second kappa shape index (κ2) is 8.21. The second-order valence-electron chi connectivity index (χ2n) is 4.05. The Bertz CT molecular complexity index is 122. The van der Waals surface area contributed by atoms with Crippen LogP contribution in [0.25, 0.3) is 0 Å². The largest absolute Gasteiger partial charge is 0.315 e. The van der Waals surface area contributed by atoms with Crippen LogP contribution in [0.15, 0.2) is 0 Å². The molecule has 0 aromatic heterocycles. The van der Waals surface area contributed by atoms with E-state index in [0.29, 0.717) is 0 Å². The van der Waals surface area contributed by atoms with Crippen molar-refractivity contribution in [3.63, 3.8) is 0 Å². The zero-order chi connectivity index (χ0) is 10.1. The Kier molecular flexibility index (Phi) is 7.01. The van der Waals surface area contributed by atoms with Crippen LogP contribution in [-0.4, -0.2) is 50.7 Å². The van der Waals surface area contributed by atoms with Crippen molar-refractivity contribution in [1.82, 2.24) is 15.5 Å². The van der Waals surface area contributed by atoms with Crippen molar-refractivity contribution < 1.29 is 0 Å². The lowest BCUT2D eigenvalue weighted by molar-refractivity contribution is 0.336. The highest BCUT2D eigenvalue weighted by Crippen LogP contribution is 2.05. The van der Waals surface area contributed by atoms with Crippen molar-refractivity contribution in [2.75, 3.05) is 45.8 Å². The summed E-state index contributed by atoms with van der Waals surface area (Å²) in [5.74, 6) is 0. The summed E-state index contributed by atoms with van der Waals surface area (Å²) in [4.78, 5) is 2.55. The molecule has 84 valence electrons. The van der Waals surface area contributed by atoms with Crippen molar-refractivity contribution in [1.29, 1.82) is 0 Å². The van der Waals surface area contributed by atoms with E-state index in [4.69, 9.17) is 0 Å². The number of rotatable bonds is 8. The molecule has 1 saturated heterocycles. The summed E-state index contributed by atoms with van der Waals surface area (Å²) < 4.78 is 0. The van der Waals surface area contributed by atoms with Gasteiger partial charge in [0, 0.05) is 26.2 Å². The minimum absolute atomic E-state index is 1.10. The molecule has 0 aromatic rings. The van der Waals surface area contributed by atoms with E-state index in [9.17, 15) is 0 Å². The van der Waals surface area contributed by atoms with E-state index in [1.54, 1.807) is 0 Å². The molecule has 0 unspecified atom stereocenters. The SMILES string of the molecule is CCCNCCNCCN1CCCC1. The highest BCUT2D eigenvalue weighted by Gasteiger charge is 2.09. The quantitative estimate of drug-likeness (QED) is 0.563. The van der Waals surface area contributed by atoms with Gasteiger partial charge < -0.3 is 15.5 Å². The van der Waals surface area contributed by atoms with Gasteiger partial charge in [-0.15, -0.1) is 0 Å². The maximum atomic E-state index is 3.47. The van der Waals surface area contributed by atoms with Crippen LogP contribution in [0.4, 0.5) is 0 Å². The third kappa shape index (κ3) is 5.58. The van der Waals surface area contributed by atoms with Gasteiger partial charge in [0.15, 0.2) is 0 Å². The fraction of sp³-hybridized carbons (Fsp3) is 1.00. The molecule has 3 heteroatoms. The maximum absolute atomic E-state index is 3.47. The molecule has 0 aliphatic carbocycles. The summed E-state index contributed by atoms with van der Waals surface area (Å²) >= 11 is 0. The van der Waals surface area contributed by atoms with Crippen LogP contribution < -0.4 is 10.6 Å². The molecule has 0 amide bonds. The Morgan fingerprint density at radius 3 is 2.21 bits per heavy atom. The van der Waals surface area contributed by atoms with Gasteiger partial charge in [0.1, 0.15) is 0 Å². The smallest absolute Gasteiger partial charge is 0.0107 e. The summed E-state index contributed by atoms with van der Waals surface area (Å²) in [5, 5.41) is 6.85. The van der Waals surface area contributed by atoms with Gasteiger partial charge in [-0.1, -0.05) is 6.92 Å². The maximum Gasteiger partial charge on any atom is 0.0107 e. The van der Waals surface area contributed by atoms with Crippen LogP contribution in [0.3, 0.4) is 0 Å². The lowest BCUT2D eigenvalue weighted by atomic mass is 10.4. The summed E-state index contributed by atoms with van der Waals surface area (Å²) in [6, 6.07) is 0. The molecular formula is C11H25N3. The molecule has 0 atom stereocenters. The van der Waals surface area contributed by atoms with E-state index < -0.39 is 0 Å². The van der Waals surface area contributed by atoms with Crippen LogP contribution in [-0.2, 0) is 0 Å². The highest BCUT2D eigenvalue weighted by atomic mass is 15.1. The molecule has 1 fully saturated rings. The molecule has 0 bridgehead atoms. The van der Waals surface area contributed by atoms with Crippen LogP contribution in [0, 0.1) is 0 Å². The lowest BCUT2D eigenvalue weighted by Crippen LogP contribution is -2.34. The average molecular weight is 199 g/mol. The van der Waals surface area contributed by atoms with Crippen molar-refractivity contribution in [3.8, 4) is 0 Å². The van der Waals surface area contributed by atoms with E-state index in [-0.39, 0.29) is 0 Å². The Morgan fingerprint density at radius 2 is 1.57 bits per heavy atom. The fourth-order valence-corrected chi connectivity index (χ4v) is 1.85. The normalized spacial score (nSPS) is 17.8. The van der Waals surface area contributed by atoms with E-state index in [2.05, 4.69) is 22.5 Å². The second-order valence-corrected chi connectivity index (χ2v) is 4.05. The zero-order valence-electron chi connectivity index (χ0n) is 9.52. The molecule has 0 spiro atoms. The first-order valence-electron chi connectivity index (χ1n) is 6.07. The number of nitrogens with zero attached hydrogens (tertiary/aromatic N) is 1. The van der Waals surface area contributed by atoms with E-state index >= 15 is 0 Å². The first-order chi connectivity index (χ1) is 6.93. The van der Waals surface area contributed by atoms with Crippen molar-refractivity contribution >= 4 is 0 Å². The predicted molar refractivity (Wildman–Crippen MR) is 61.7 cm³/mol. The monoisotopic (exact) mass is 199 g/mol. The van der Waals surface area contributed by atoms with Crippen LogP contribution >= 0.6 is 0 Å². The molecule has 0 saturated carbocycles. The molecule has 1 rings (SSSR count). The first kappa shape index (κ1) is 12.0. The number of hydrogen-bond acceptors (Lipinski definition) is 3. The Hall–Kier alpha value is -0.120. The van der Waals surface area contributed by atoms with Gasteiger partial charge in [0.25, 0.3) is 0 Å². The molecule has 1 aliphatic rings. The predicted octanol–water partition coefficient (Wildman–Crippen LogP) is 0.671. The van der Waals surface area contributed by atoms with Crippen molar-refractivity contribution in [3.05, 3.63) is 0 Å². The topological polar surface area (TPSA) is 27.3 Å². The number of likely N-dealkylation sites (tertiary alicyclic amines) is 1. The Morgan fingerprint density at radius 1 is 0.929 bits per heavy atom. The summed E-state index contributed by atoms with van der Waals surface area (Å²) in [7, 11) is 0. The van der Waals surface area contributed by atoms with Gasteiger partial charge in [-0.25, -0.2) is 0 Å². The van der Waals surface area contributed by atoms with Gasteiger partial charge in [-0.3, -0.25) is 0 Å². The molecule has 0 radical (unpaired) electrons. The third-order valence-electron chi connectivity index (χ3n) is 2.71. The van der Waals surface area contributed by atoms with Crippen molar-refractivity contribution in [2.24, 2.45) is 0 Å². The van der Waals surface area contributed by atoms with Gasteiger partial charge in [0.2, 0.25) is 0 Å². The molecule has 3 nitrogen and oxygen atoms in total. The summed E-state index contributed by atoms with van der Waals surface area (Å²) in [5.41, 5.74) is 0. The molecule has 1 aliphatic heterocycles. The number of nitrogens with one attached hydrogen (secondary N) is 2. The molecule has 14 heavy (non-hydrogen) atoms. The zero-order valence-corrected chi connectivity index (χ0v) is 9.52. The fourth-order valence-electron chi connectivity index (χ4n) is 1.85. The van der Waals surface area contributed by atoms with Gasteiger partial charge in [-0.2, -0.15) is 0 Å². The Labute approximate surface area is 88.2 Å². The van der Waals surface area contributed by atoms with Gasteiger partial charge in [0.05, 0.1) is 0 Å². The van der Waals surface area contributed by atoms with Crippen LogP contribution in [0.1, 0.15) is 26.2 Å². The van der Waals surface area contributed by atoms with Crippen LogP contribution in [0.2, 0.25) is 0 Å². The molecule has 1 heterocycles. The van der Waals surface area contributed by atoms with Crippen LogP contribution in [0.5, 0.6) is 0 Å². The lowest BCUT2D eigenvalue weighted by Gasteiger charge is -2.14. The summed E-state index contributed by atoms with van der Waals surface area (Å²) in [6.45, 7) is 10.6. The van der Waals surface area contributed by atoms with Gasteiger partial charge >= 0.3 is 0 Å². The van der Waals surface area contributed by atoms with Crippen molar-refractivity contribution in [2.45, 2.75) is 26.2 Å². The Balaban J connectivity index is 1.75. The molecule has 2 N–H and O–H groups in total. The van der Waals surface area contributed by atoms with Gasteiger partial charge in [-0.05, 0) is 38.9 Å². The molecule has 0 aromatic carbocycles. The first-order valence-corrected chi connectivity index (χ1v) is 6.07.